The van der Waals surface area contributed by atoms with Crippen LogP contribution in [0.3, 0.4) is 0 Å². The monoisotopic (exact) mass is 303 g/mol. The Kier molecular flexibility index (Phi) is 14.1. The third-order valence-corrected chi connectivity index (χ3v) is 4.08. The molecule has 0 rings (SSSR count). The number of unbranched alkanes of at least 4 members (excludes halogenated alkanes) is 1. The first-order valence-electron chi connectivity index (χ1n) is 8.45. The number of aliphatic hydroxyl groups excluding tert-OH is 1. The standard InChI is InChI=1S/C9H22NO.C8H16O2/c1-5-10(6-2,7-3)8-9(4)11;1-7(2)5-3-4-6-8(9)10/h9,11H,5-8H2,1-4H3;7H,3-6H2,1-2H3,(H,9,10)/q+1;/p-1. The first kappa shape index (κ1) is 22.7. The van der Waals surface area contributed by atoms with E-state index in [9.17, 15) is 15.0 Å². The van der Waals surface area contributed by atoms with Gasteiger partial charge in [0.15, 0.2) is 0 Å². The average molecular weight is 303 g/mol. The minimum atomic E-state index is -0.927. The first-order chi connectivity index (χ1) is 9.72. The van der Waals surface area contributed by atoms with Crippen LogP contribution in [0.2, 0.25) is 0 Å². The highest BCUT2D eigenvalue weighted by Crippen LogP contribution is 2.07. The fourth-order valence-electron chi connectivity index (χ4n) is 2.44. The Labute approximate surface area is 131 Å². The van der Waals surface area contributed by atoms with E-state index in [0.717, 1.165) is 49.9 Å². The highest BCUT2D eigenvalue weighted by atomic mass is 16.4. The third kappa shape index (κ3) is 14.1. The number of aliphatic carboxylic acids is 1. The molecule has 128 valence electrons. The number of hydrogen-bond acceptors (Lipinski definition) is 3. The number of carbonyl (C=O) groups is 1. The van der Waals surface area contributed by atoms with E-state index in [2.05, 4.69) is 34.6 Å². The number of hydrogen-bond donors (Lipinski definition) is 1. The lowest BCUT2D eigenvalue weighted by Crippen LogP contribution is -2.51. The van der Waals surface area contributed by atoms with Gasteiger partial charge in [0.1, 0.15) is 12.6 Å². The normalized spacial score (nSPS) is 12.8. The number of nitrogens with zero attached hydrogens (tertiary/aromatic N) is 1. The van der Waals surface area contributed by atoms with E-state index in [0.29, 0.717) is 5.92 Å². The van der Waals surface area contributed by atoms with Crippen molar-refractivity contribution in [1.29, 1.82) is 0 Å². The Morgan fingerprint density at radius 1 is 1.05 bits per heavy atom. The second kappa shape index (κ2) is 13.1. The van der Waals surface area contributed by atoms with Crippen molar-refractivity contribution in [3.05, 3.63) is 0 Å². The molecule has 1 N–H and O–H groups in total. The van der Waals surface area contributed by atoms with Crippen LogP contribution in [0.5, 0.6) is 0 Å². The van der Waals surface area contributed by atoms with Crippen molar-refractivity contribution in [3.63, 3.8) is 0 Å². The van der Waals surface area contributed by atoms with Gasteiger partial charge in [0, 0.05) is 5.97 Å². The summed E-state index contributed by atoms with van der Waals surface area (Å²) in [4.78, 5) is 9.93. The van der Waals surface area contributed by atoms with Gasteiger partial charge in [-0.1, -0.05) is 26.7 Å². The largest absolute Gasteiger partial charge is 0.550 e. The molecule has 0 aromatic rings. The summed E-state index contributed by atoms with van der Waals surface area (Å²) in [6.07, 6.45) is 2.93. The van der Waals surface area contributed by atoms with Gasteiger partial charge in [0.2, 0.25) is 0 Å². The zero-order valence-electron chi connectivity index (χ0n) is 15.0. The lowest BCUT2D eigenvalue weighted by molar-refractivity contribution is -0.925. The van der Waals surface area contributed by atoms with E-state index in [1.807, 2.05) is 6.92 Å². The molecular weight excluding hydrogens is 266 g/mol. The molecule has 0 saturated heterocycles. The SMILES string of the molecule is CC(C)CCCCC(=O)[O-].CC[N+](CC)(CC)CC(C)O. The predicted octanol–water partition coefficient (Wildman–Crippen LogP) is 2.20. The Balaban J connectivity index is 0. The molecule has 4 heteroatoms. The predicted molar refractivity (Wildman–Crippen MR) is 86.7 cm³/mol. The van der Waals surface area contributed by atoms with Crippen molar-refractivity contribution in [2.24, 2.45) is 5.92 Å². The molecule has 21 heavy (non-hydrogen) atoms. The molecule has 0 aliphatic rings. The van der Waals surface area contributed by atoms with E-state index in [4.69, 9.17) is 0 Å². The van der Waals surface area contributed by atoms with Gasteiger partial charge in [-0.2, -0.15) is 0 Å². The molecule has 0 radical (unpaired) electrons. The number of carboxylic acids is 1. The zero-order chi connectivity index (χ0) is 16.9. The van der Waals surface area contributed by atoms with Crippen LogP contribution in [0.15, 0.2) is 0 Å². The van der Waals surface area contributed by atoms with Crippen LogP contribution in [0, 0.1) is 5.92 Å². The Morgan fingerprint density at radius 2 is 1.52 bits per heavy atom. The molecular formula is C17H37NO3. The summed E-state index contributed by atoms with van der Waals surface area (Å²) in [5.74, 6) is -0.245. The Morgan fingerprint density at radius 3 is 1.76 bits per heavy atom. The molecule has 0 heterocycles. The fourth-order valence-corrected chi connectivity index (χ4v) is 2.44. The van der Waals surface area contributed by atoms with Crippen LogP contribution in [-0.2, 0) is 4.79 Å². The summed E-state index contributed by atoms with van der Waals surface area (Å²) in [7, 11) is 0. The molecule has 0 aliphatic carbocycles. The highest BCUT2D eigenvalue weighted by Gasteiger charge is 2.22. The molecule has 4 nitrogen and oxygen atoms in total. The number of carboxylic acid groups (broad SMARTS) is 1. The molecule has 0 aromatic carbocycles. The molecule has 0 spiro atoms. The van der Waals surface area contributed by atoms with Gasteiger partial charge in [-0.05, 0) is 46.5 Å². The van der Waals surface area contributed by atoms with Gasteiger partial charge in [-0.3, -0.25) is 0 Å². The first-order valence-corrected chi connectivity index (χ1v) is 8.45. The number of rotatable bonds is 10. The van der Waals surface area contributed by atoms with E-state index < -0.39 is 5.97 Å². The second-order valence-electron chi connectivity index (χ2n) is 6.33. The smallest absolute Gasteiger partial charge is 0.105 e. The summed E-state index contributed by atoms with van der Waals surface area (Å²) in [6, 6.07) is 0. The lowest BCUT2D eigenvalue weighted by atomic mass is 10.1. The van der Waals surface area contributed by atoms with Crippen LogP contribution in [0.1, 0.15) is 67.2 Å². The Bertz CT molecular complexity index is 240. The minimum absolute atomic E-state index is 0.171. The number of quaternary nitrogens is 1. The van der Waals surface area contributed by atoms with Crippen LogP contribution in [0.25, 0.3) is 0 Å². The van der Waals surface area contributed by atoms with Crippen LogP contribution < -0.4 is 5.11 Å². The molecule has 0 bridgehead atoms. The highest BCUT2D eigenvalue weighted by molar-refractivity contribution is 5.63. The van der Waals surface area contributed by atoms with E-state index in [1.54, 1.807) is 0 Å². The summed E-state index contributed by atoms with van der Waals surface area (Å²) in [5.41, 5.74) is 0. The zero-order valence-corrected chi connectivity index (χ0v) is 15.0. The summed E-state index contributed by atoms with van der Waals surface area (Å²) in [6.45, 7) is 17.0. The fraction of sp³-hybridized carbons (Fsp3) is 0.941. The molecule has 1 unspecified atom stereocenters. The quantitative estimate of drug-likeness (QED) is 0.497. The van der Waals surface area contributed by atoms with Gasteiger partial charge >= 0.3 is 0 Å². The molecule has 0 amide bonds. The molecule has 0 saturated carbocycles. The van der Waals surface area contributed by atoms with Gasteiger partial charge < -0.3 is 19.5 Å². The average Bonchev–Trinajstić information content (AvgIpc) is 2.41. The summed E-state index contributed by atoms with van der Waals surface area (Å²) < 4.78 is 1.04. The maximum absolute atomic E-state index is 9.93. The molecule has 0 aliphatic heterocycles. The van der Waals surface area contributed by atoms with Gasteiger partial charge in [-0.15, -0.1) is 0 Å². The summed E-state index contributed by atoms with van der Waals surface area (Å²) >= 11 is 0. The Hall–Kier alpha value is -0.610. The van der Waals surface area contributed by atoms with Gasteiger partial charge in [0.05, 0.1) is 19.6 Å². The van der Waals surface area contributed by atoms with E-state index in [-0.39, 0.29) is 12.5 Å². The number of likely N-dealkylation sites (N-methyl/N-ethyl adjacent to an activating group) is 1. The van der Waals surface area contributed by atoms with Crippen LogP contribution in [-0.4, -0.2) is 47.8 Å². The maximum Gasteiger partial charge on any atom is 0.105 e. The van der Waals surface area contributed by atoms with Crippen molar-refractivity contribution < 1.29 is 19.5 Å². The topological polar surface area (TPSA) is 60.4 Å². The third-order valence-electron chi connectivity index (χ3n) is 4.08. The van der Waals surface area contributed by atoms with Crippen molar-refractivity contribution in [2.75, 3.05) is 26.2 Å². The molecule has 0 aromatic heterocycles. The number of aliphatic hydroxyl groups is 1. The molecule has 1 atom stereocenters. The van der Waals surface area contributed by atoms with Crippen molar-refractivity contribution in [2.45, 2.75) is 73.3 Å². The molecule has 0 fully saturated rings. The summed E-state index contributed by atoms with van der Waals surface area (Å²) in [5, 5.41) is 19.2. The minimum Gasteiger partial charge on any atom is -0.550 e. The van der Waals surface area contributed by atoms with Crippen molar-refractivity contribution in [1.82, 2.24) is 0 Å². The lowest BCUT2D eigenvalue weighted by Gasteiger charge is -2.36. The van der Waals surface area contributed by atoms with E-state index >= 15 is 0 Å². The van der Waals surface area contributed by atoms with Crippen molar-refractivity contribution in [3.8, 4) is 0 Å². The van der Waals surface area contributed by atoms with Crippen LogP contribution in [0.4, 0.5) is 0 Å². The van der Waals surface area contributed by atoms with Gasteiger partial charge in [-0.25, -0.2) is 0 Å². The maximum atomic E-state index is 9.93. The number of carbonyl (C=O) groups excluding carboxylic acids is 1. The van der Waals surface area contributed by atoms with Gasteiger partial charge in [0.25, 0.3) is 0 Å². The second-order valence-corrected chi connectivity index (χ2v) is 6.33. The van der Waals surface area contributed by atoms with Crippen LogP contribution >= 0.6 is 0 Å². The van der Waals surface area contributed by atoms with E-state index in [1.165, 1.54) is 0 Å². The van der Waals surface area contributed by atoms with Crippen molar-refractivity contribution >= 4 is 5.97 Å².